The van der Waals surface area contributed by atoms with Crippen molar-refractivity contribution in [3.05, 3.63) is 58.4 Å². The molecule has 1 aromatic heterocycles. The van der Waals surface area contributed by atoms with Gasteiger partial charge in [0.2, 0.25) is 0 Å². The van der Waals surface area contributed by atoms with Crippen LogP contribution in [-0.2, 0) is 13.0 Å². The van der Waals surface area contributed by atoms with E-state index in [-0.39, 0.29) is 0 Å². The van der Waals surface area contributed by atoms with Gasteiger partial charge in [0.15, 0.2) is 6.23 Å². The molecule has 2 aliphatic rings. The first kappa shape index (κ1) is 17.7. The number of rotatable bonds is 3. The van der Waals surface area contributed by atoms with E-state index in [1.165, 1.54) is 5.56 Å². The van der Waals surface area contributed by atoms with Gasteiger partial charge in [-0.25, -0.2) is 0 Å². The lowest BCUT2D eigenvalue weighted by Gasteiger charge is -2.38. The summed E-state index contributed by atoms with van der Waals surface area (Å²) in [5.41, 5.74) is 4.32. The van der Waals surface area contributed by atoms with E-state index in [9.17, 15) is 5.11 Å². The first-order valence-corrected chi connectivity index (χ1v) is 9.56. The summed E-state index contributed by atoms with van der Waals surface area (Å²) >= 11 is 6.11. The number of aliphatic hydroxyl groups is 1. The fraction of sp³-hybridized carbons (Fsp3) is 0.450. The third kappa shape index (κ3) is 3.58. The van der Waals surface area contributed by atoms with Crippen LogP contribution in [0.15, 0.2) is 36.7 Å². The number of aromatic nitrogens is 1. The molecule has 0 saturated carbocycles. The maximum absolute atomic E-state index is 11.0. The third-order valence-electron chi connectivity index (χ3n) is 5.49. The van der Waals surface area contributed by atoms with Gasteiger partial charge in [-0.05, 0) is 42.8 Å². The minimum atomic E-state index is -0.661. The van der Waals surface area contributed by atoms with E-state index in [0.717, 1.165) is 67.5 Å². The zero-order valence-corrected chi connectivity index (χ0v) is 15.9. The number of piperazine rings is 1. The molecule has 0 aliphatic carbocycles. The predicted molar refractivity (Wildman–Crippen MR) is 104 cm³/mol. The van der Waals surface area contributed by atoms with Crippen molar-refractivity contribution in [2.75, 3.05) is 44.7 Å². The fourth-order valence-corrected chi connectivity index (χ4v) is 4.07. The zero-order valence-electron chi connectivity index (χ0n) is 15.1. The molecule has 6 heteroatoms. The van der Waals surface area contributed by atoms with Gasteiger partial charge in [-0.2, -0.15) is 0 Å². The number of hydrogen-bond acceptors (Lipinski definition) is 5. The molecule has 2 aromatic rings. The maximum Gasteiger partial charge on any atom is 0.153 e. The molecular formula is C20H25ClN4O. The average Bonchev–Trinajstić information content (AvgIpc) is 2.65. The van der Waals surface area contributed by atoms with Crippen molar-refractivity contribution >= 4 is 17.3 Å². The highest BCUT2D eigenvalue weighted by molar-refractivity contribution is 6.30. The first-order valence-electron chi connectivity index (χ1n) is 9.18. The van der Waals surface area contributed by atoms with E-state index < -0.39 is 6.23 Å². The summed E-state index contributed by atoms with van der Waals surface area (Å²) in [6.07, 6.45) is 3.94. The number of likely N-dealkylation sites (N-methyl/N-ethyl adjacent to an activating group) is 1. The van der Waals surface area contributed by atoms with E-state index in [4.69, 9.17) is 11.6 Å². The van der Waals surface area contributed by atoms with Crippen LogP contribution in [0, 0.1) is 0 Å². The molecule has 0 spiro atoms. The molecule has 1 N–H and O–H groups in total. The lowest BCUT2D eigenvalue weighted by atomic mass is 9.97. The van der Waals surface area contributed by atoms with Gasteiger partial charge < -0.3 is 14.9 Å². The van der Waals surface area contributed by atoms with E-state index in [2.05, 4.69) is 32.8 Å². The lowest BCUT2D eigenvalue weighted by Crippen LogP contribution is -2.44. The van der Waals surface area contributed by atoms with Crippen molar-refractivity contribution in [3.8, 4) is 0 Å². The second-order valence-electron chi connectivity index (χ2n) is 7.24. The molecule has 1 atom stereocenters. The molecule has 0 radical (unpaired) electrons. The number of nitrogens with zero attached hydrogens (tertiary/aromatic N) is 4. The van der Waals surface area contributed by atoms with Crippen LogP contribution in [0.2, 0.25) is 5.02 Å². The SMILES string of the molecule is CN1CCN(Cc2ccncc2N2CCc3cc(Cl)ccc3C2O)CC1. The van der Waals surface area contributed by atoms with Crippen molar-refractivity contribution in [2.24, 2.45) is 0 Å². The first-order chi connectivity index (χ1) is 12.6. The number of fused-ring (bicyclic) bond motifs is 1. The Hall–Kier alpha value is -1.66. The predicted octanol–water partition coefficient (Wildman–Crippen LogP) is 2.54. The summed E-state index contributed by atoms with van der Waals surface area (Å²) in [5.74, 6) is 0. The largest absolute Gasteiger partial charge is 0.369 e. The summed E-state index contributed by atoms with van der Waals surface area (Å²) < 4.78 is 0. The van der Waals surface area contributed by atoms with Crippen molar-refractivity contribution in [1.29, 1.82) is 0 Å². The Labute approximate surface area is 159 Å². The van der Waals surface area contributed by atoms with Crippen LogP contribution in [0.1, 0.15) is 22.9 Å². The maximum atomic E-state index is 11.0. The number of hydrogen-bond donors (Lipinski definition) is 1. The van der Waals surface area contributed by atoms with Gasteiger partial charge in [0, 0.05) is 56.1 Å². The number of aliphatic hydroxyl groups excluding tert-OH is 1. The molecule has 1 unspecified atom stereocenters. The molecule has 3 heterocycles. The van der Waals surface area contributed by atoms with E-state index in [0.29, 0.717) is 0 Å². The number of pyridine rings is 1. The quantitative estimate of drug-likeness (QED) is 0.896. The molecule has 4 rings (SSSR count). The highest BCUT2D eigenvalue weighted by Gasteiger charge is 2.28. The fourth-order valence-electron chi connectivity index (χ4n) is 3.88. The summed E-state index contributed by atoms with van der Waals surface area (Å²) in [4.78, 5) is 11.2. The average molecular weight is 373 g/mol. The molecular weight excluding hydrogens is 348 g/mol. The Balaban J connectivity index is 1.57. The Morgan fingerprint density at radius 3 is 2.77 bits per heavy atom. The minimum Gasteiger partial charge on any atom is -0.369 e. The van der Waals surface area contributed by atoms with E-state index >= 15 is 0 Å². The lowest BCUT2D eigenvalue weighted by molar-refractivity contribution is 0.146. The zero-order chi connectivity index (χ0) is 18.1. The van der Waals surface area contributed by atoms with Gasteiger partial charge in [-0.3, -0.25) is 9.88 Å². The van der Waals surface area contributed by atoms with Crippen LogP contribution in [-0.4, -0.2) is 59.7 Å². The van der Waals surface area contributed by atoms with Crippen LogP contribution in [0.3, 0.4) is 0 Å². The van der Waals surface area contributed by atoms with Crippen LogP contribution in [0.25, 0.3) is 0 Å². The number of anilines is 1. The summed E-state index contributed by atoms with van der Waals surface area (Å²) in [5, 5.41) is 11.7. The standard InChI is InChI=1S/C20H25ClN4O/c1-23-8-10-24(11-9-23)14-16-4-6-22-13-19(16)25-7-5-15-12-17(21)2-3-18(15)20(25)26/h2-4,6,12-13,20,26H,5,7-11,14H2,1H3. The highest BCUT2D eigenvalue weighted by Crippen LogP contribution is 2.35. The van der Waals surface area contributed by atoms with Crippen molar-refractivity contribution in [2.45, 2.75) is 19.2 Å². The molecule has 1 fully saturated rings. The van der Waals surface area contributed by atoms with Gasteiger partial charge in [0.05, 0.1) is 11.9 Å². The van der Waals surface area contributed by atoms with Gasteiger partial charge in [0.1, 0.15) is 0 Å². The minimum absolute atomic E-state index is 0.661. The van der Waals surface area contributed by atoms with Crippen molar-refractivity contribution < 1.29 is 5.11 Å². The van der Waals surface area contributed by atoms with E-state index in [1.807, 2.05) is 30.6 Å². The highest BCUT2D eigenvalue weighted by atomic mass is 35.5. The second kappa shape index (κ2) is 7.53. The molecule has 0 amide bonds. The van der Waals surface area contributed by atoms with E-state index in [1.54, 1.807) is 0 Å². The Morgan fingerprint density at radius 1 is 1.15 bits per heavy atom. The molecule has 1 saturated heterocycles. The van der Waals surface area contributed by atoms with Crippen LogP contribution >= 0.6 is 11.6 Å². The Kier molecular flexibility index (Phi) is 5.14. The summed E-state index contributed by atoms with van der Waals surface area (Å²) in [6, 6.07) is 7.83. The topological polar surface area (TPSA) is 42.8 Å². The van der Waals surface area contributed by atoms with Gasteiger partial charge in [-0.15, -0.1) is 0 Å². The molecule has 5 nitrogen and oxygen atoms in total. The van der Waals surface area contributed by atoms with Crippen molar-refractivity contribution in [1.82, 2.24) is 14.8 Å². The number of benzene rings is 1. The molecule has 26 heavy (non-hydrogen) atoms. The molecule has 0 bridgehead atoms. The smallest absolute Gasteiger partial charge is 0.153 e. The van der Waals surface area contributed by atoms with Gasteiger partial charge >= 0.3 is 0 Å². The van der Waals surface area contributed by atoms with Crippen LogP contribution in [0.5, 0.6) is 0 Å². The number of halogens is 1. The molecule has 1 aromatic carbocycles. The Morgan fingerprint density at radius 2 is 1.96 bits per heavy atom. The monoisotopic (exact) mass is 372 g/mol. The Bertz CT molecular complexity index is 776. The van der Waals surface area contributed by atoms with Gasteiger partial charge in [-0.1, -0.05) is 17.7 Å². The van der Waals surface area contributed by atoms with Gasteiger partial charge in [0.25, 0.3) is 0 Å². The second-order valence-corrected chi connectivity index (χ2v) is 7.68. The summed E-state index contributed by atoms with van der Waals surface area (Å²) in [7, 11) is 2.17. The summed E-state index contributed by atoms with van der Waals surface area (Å²) in [6.45, 7) is 5.99. The third-order valence-corrected chi connectivity index (χ3v) is 5.72. The normalized spacial score (nSPS) is 21.7. The molecule has 2 aliphatic heterocycles. The van der Waals surface area contributed by atoms with Crippen molar-refractivity contribution in [3.63, 3.8) is 0 Å². The van der Waals surface area contributed by atoms with Crippen LogP contribution in [0.4, 0.5) is 5.69 Å². The van der Waals surface area contributed by atoms with Crippen LogP contribution < -0.4 is 4.90 Å². The molecule has 138 valence electrons.